The Hall–Kier alpha value is -0.670. The fourth-order valence-electron chi connectivity index (χ4n) is 1.89. The average molecular weight is 241 g/mol. The number of hydrogen-bond donors (Lipinski definition) is 0. The molecule has 5 heteroatoms. The number of nitrogens with zero attached hydrogens (tertiary/aromatic N) is 3. The van der Waals surface area contributed by atoms with E-state index in [1.807, 2.05) is 6.92 Å². The van der Waals surface area contributed by atoms with Crippen molar-refractivity contribution in [1.29, 1.82) is 5.26 Å². The molecule has 0 aliphatic carbocycles. The maximum absolute atomic E-state index is 8.84. The van der Waals surface area contributed by atoms with Gasteiger partial charge in [0.25, 0.3) is 0 Å². The molecule has 1 atom stereocenters. The van der Waals surface area contributed by atoms with Gasteiger partial charge in [0.2, 0.25) is 0 Å². The van der Waals surface area contributed by atoms with Crippen LogP contribution in [0.3, 0.4) is 0 Å². The van der Waals surface area contributed by atoms with Crippen LogP contribution in [-0.4, -0.2) is 75.5 Å². The van der Waals surface area contributed by atoms with Crippen LogP contribution in [0, 0.1) is 11.3 Å². The van der Waals surface area contributed by atoms with Gasteiger partial charge < -0.3 is 9.47 Å². The fraction of sp³-hybridized carbons (Fsp3) is 0.917. The summed E-state index contributed by atoms with van der Waals surface area (Å²) >= 11 is 0. The van der Waals surface area contributed by atoms with Crippen molar-refractivity contribution in [3.8, 4) is 6.07 Å². The first kappa shape index (κ1) is 14.4. The summed E-state index contributed by atoms with van der Waals surface area (Å²) in [6.45, 7) is 9.04. The van der Waals surface area contributed by atoms with Crippen molar-refractivity contribution in [1.82, 2.24) is 9.80 Å². The van der Waals surface area contributed by atoms with Gasteiger partial charge in [0.15, 0.2) is 0 Å². The summed E-state index contributed by atoms with van der Waals surface area (Å²) in [7, 11) is 1.68. The summed E-state index contributed by atoms with van der Waals surface area (Å²) in [6.07, 6.45) is 0. The average Bonchev–Trinajstić information content (AvgIpc) is 2.38. The van der Waals surface area contributed by atoms with Crippen molar-refractivity contribution in [2.24, 2.45) is 0 Å². The van der Waals surface area contributed by atoms with Crippen LogP contribution in [0.25, 0.3) is 0 Å². The van der Waals surface area contributed by atoms with E-state index in [2.05, 4.69) is 15.9 Å². The topological polar surface area (TPSA) is 48.7 Å². The molecule has 0 N–H and O–H groups in total. The van der Waals surface area contributed by atoms with Crippen LogP contribution in [0.1, 0.15) is 6.92 Å². The first-order chi connectivity index (χ1) is 8.27. The summed E-state index contributed by atoms with van der Waals surface area (Å²) in [5.74, 6) is 0. The first-order valence-corrected chi connectivity index (χ1v) is 6.20. The molecule has 1 fully saturated rings. The van der Waals surface area contributed by atoms with Gasteiger partial charge in [-0.15, -0.1) is 0 Å². The molecule has 98 valence electrons. The Bertz CT molecular complexity index is 234. The largest absolute Gasteiger partial charge is 0.382 e. The molecule has 0 amide bonds. The van der Waals surface area contributed by atoms with E-state index in [1.54, 1.807) is 7.11 Å². The van der Waals surface area contributed by atoms with Gasteiger partial charge in [-0.05, 0) is 6.92 Å². The van der Waals surface area contributed by atoms with Crippen LogP contribution in [0.4, 0.5) is 0 Å². The van der Waals surface area contributed by atoms with Gasteiger partial charge in [0.1, 0.15) is 0 Å². The SMILES string of the molecule is COCCOCCN1CCN(C(C)C#N)CC1. The number of piperazine rings is 1. The second kappa shape index (κ2) is 8.43. The van der Waals surface area contributed by atoms with E-state index in [1.165, 1.54) is 0 Å². The second-order valence-electron chi connectivity index (χ2n) is 4.29. The minimum absolute atomic E-state index is 0.0371. The van der Waals surface area contributed by atoms with E-state index < -0.39 is 0 Å². The highest BCUT2D eigenvalue weighted by Gasteiger charge is 2.20. The molecule has 0 bridgehead atoms. The van der Waals surface area contributed by atoms with E-state index in [4.69, 9.17) is 14.7 Å². The van der Waals surface area contributed by atoms with Crippen molar-refractivity contribution < 1.29 is 9.47 Å². The Morgan fingerprint density at radius 2 is 1.88 bits per heavy atom. The van der Waals surface area contributed by atoms with Crippen LogP contribution < -0.4 is 0 Å². The Kier molecular flexibility index (Phi) is 7.13. The van der Waals surface area contributed by atoms with Gasteiger partial charge >= 0.3 is 0 Å². The standard InChI is InChI=1S/C12H23N3O2/c1-12(11-13)15-5-3-14(4-6-15)7-8-17-10-9-16-2/h12H,3-10H2,1-2H3. The fourth-order valence-corrected chi connectivity index (χ4v) is 1.89. The molecule has 1 aliphatic rings. The van der Waals surface area contributed by atoms with Crippen LogP contribution in [0.2, 0.25) is 0 Å². The van der Waals surface area contributed by atoms with E-state index in [9.17, 15) is 0 Å². The van der Waals surface area contributed by atoms with Crippen molar-refractivity contribution in [3.05, 3.63) is 0 Å². The summed E-state index contributed by atoms with van der Waals surface area (Å²) in [6, 6.07) is 2.32. The van der Waals surface area contributed by atoms with Crippen LogP contribution in [0.5, 0.6) is 0 Å². The van der Waals surface area contributed by atoms with Crippen molar-refractivity contribution in [3.63, 3.8) is 0 Å². The lowest BCUT2D eigenvalue weighted by Gasteiger charge is -2.35. The molecule has 1 rings (SSSR count). The Labute approximate surface area is 104 Å². The zero-order valence-corrected chi connectivity index (χ0v) is 10.9. The predicted molar refractivity (Wildman–Crippen MR) is 65.8 cm³/mol. The second-order valence-corrected chi connectivity index (χ2v) is 4.29. The molecule has 1 saturated heterocycles. The van der Waals surface area contributed by atoms with Crippen molar-refractivity contribution in [2.45, 2.75) is 13.0 Å². The van der Waals surface area contributed by atoms with Gasteiger partial charge in [0, 0.05) is 39.8 Å². The van der Waals surface area contributed by atoms with Crippen LogP contribution in [0.15, 0.2) is 0 Å². The molecule has 0 aromatic heterocycles. The summed E-state index contributed by atoms with van der Waals surface area (Å²) in [4.78, 5) is 4.61. The number of methoxy groups -OCH3 is 1. The highest BCUT2D eigenvalue weighted by atomic mass is 16.5. The monoisotopic (exact) mass is 241 g/mol. The third-order valence-electron chi connectivity index (χ3n) is 3.13. The Balaban J connectivity index is 2.05. The minimum atomic E-state index is 0.0371. The molecule has 0 aromatic carbocycles. The van der Waals surface area contributed by atoms with Crippen LogP contribution >= 0.6 is 0 Å². The lowest BCUT2D eigenvalue weighted by atomic mass is 10.2. The molecule has 17 heavy (non-hydrogen) atoms. The van der Waals surface area contributed by atoms with Crippen molar-refractivity contribution >= 4 is 0 Å². The highest BCUT2D eigenvalue weighted by molar-refractivity contribution is 4.90. The highest BCUT2D eigenvalue weighted by Crippen LogP contribution is 2.05. The molecule has 5 nitrogen and oxygen atoms in total. The quantitative estimate of drug-likeness (QED) is 0.595. The summed E-state index contributed by atoms with van der Waals surface area (Å²) in [5, 5.41) is 8.84. The molecular formula is C12H23N3O2. The molecule has 0 radical (unpaired) electrons. The zero-order chi connectivity index (χ0) is 12.5. The van der Waals surface area contributed by atoms with Crippen molar-refractivity contribution in [2.75, 3.05) is 59.7 Å². The minimum Gasteiger partial charge on any atom is -0.382 e. The molecule has 0 spiro atoms. The predicted octanol–water partition coefficient (Wildman–Crippen LogP) is 0.179. The number of rotatable bonds is 7. The van der Waals surface area contributed by atoms with Gasteiger partial charge in [-0.2, -0.15) is 5.26 Å². The number of nitriles is 1. The maximum Gasteiger partial charge on any atom is 0.0950 e. The molecule has 1 heterocycles. The number of hydrogen-bond acceptors (Lipinski definition) is 5. The third kappa shape index (κ3) is 5.46. The summed E-state index contributed by atoms with van der Waals surface area (Å²) in [5.41, 5.74) is 0. The van der Waals surface area contributed by atoms with Gasteiger partial charge in [-0.1, -0.05) is 0 Å². The summed E-state index contributed by atoms with van der Waals surface area (Å²) < 4.78 is 10.4. The normalized spacial score (nSPS) is 20.1. The Morgan fingerprint density at radius 3 is 2.47 bits per heavy atom. The first-order valence-electron chi connectivity index (χ1n) is 6.20. The van der Waals surface area contributed by atoms with Gasteiger partial charge in [0.05, 0.1) is 31.9 Å². The zero-order valence-electron chi connectivity index (χ0n) is 10.9. The van der Waals surface area contributed by atoms with E-state index >= 15 is 0 Å². The van der Waals surface area contributed by atoms with Gasteiger partial charge in [-0.3, -0.25) is 9.80 Å². The number of ether oxygens (including phenoxy) is 2. The molecule has 1 unspecified atom stereocenters. The van der Waals surface area contributed by atoms with E-state index in [0.717, 1.165) is 39.3 Å². The van der Waals surface area contributed by atoms with Gasteiger partial charge in [-0.25, -0.2) is 0 Å². The molecule has 0 saturated carbocycles. The maximum atomic E-state index is 8.84. The van der Waals surface area contributed by atoms with Crippen LogP contribution in [-0.2, 0) is 9.47 Å². The molecule has 0 aromatic rings. The van der Waals surface area contributed by atoms with E-state index in [0.29, 0.717) is 13.2 Å². The third-order valence-corrected chi connectivity index (χ3v) is 3.13. The lowest BCUT2D eigenvalue weighted by molar-refractivity contribution is 0.0442. The molecule has 1 aliphatic heterocycles. The van der Waals surface area contributed by atoms with E-state index in [-0.39, 0.29) is 6.04 Å². The lowest BCUT2D eigenvalue weighted by Crippen LogP contribution is -2.49. The molecular weight excluding hydrogens is 218 g/mol. The Morgan fingerprint density at radius 1 is 1.18 bits per heavy atom. The smallest absolute Gasteiger partial charge is 0.0950 e.